The van der Waals surface area contributed by atoms with Crippen molar-refractivity contribution in [1.29, 1.82) is 0 Å². The van der Waals surface area contributed by atoms with Crippen molar-refractivity contribution in [3.05, 3.63) is 59.7 Å². The van der Waals surface area contributed by atoms with E-state index < -0.39 is 16.9 Å². The Labute approximate surface area is 153 Å². The Kier molecular flexibility index (Phi) is 5.32. The molecule has 1 aromatic heterocycles. The van der Waals surface area contributed by atoms with E-state index in [2.05, 4.69) is 20.5 Å². The predicted molar refractivity (Wildman–Crippen MR) is 96.9 cm³/mol. The van der Waals surface area contributed by atoms with E-state index in [1.165, 1.54) is 6.07 Å². The summed E-state index contributed by atoms with van der Waals surface area (Å²) < 4.78 is 26.1. The van der Waals surface area contributed by atoms with Gasteiger partial charge in [-0.2, -0.15) is 0 Å². The van der Waals surface area contributed by atoms with E-state index in [1.54, 1.807) is 6.92 Å². The van der Waals surface area contributed by atoms with Crippen LogP contribution in [0, 0.1) is 18.6 Å². The summed E-state index contributed by atoms with van der Waals surface area (Å²) >= 11 is 1.16. The molecule has 1 amide bonds. The molecule has 0 spiro atoms. The summed E-state index contributed by atoms with van der Waals surface area (Å²) in [6.07, 6.45) is 0. The first-order valence-corrected chi connectivity index (χ1v) is 8.72. The maximum absolute atomic E-state index is 13.2. The number of rotatable bonds is 5. The smallest absolute Gasteiger partial charge is 0.237 e. The summed E-state index contributed by atoms with van der Waals surface area (Å²) in [7, 11) is 0. The lowest BCUT2D eigenvalue weighted by Gasteiger charge is -2.10. The van der Waals surface area contributed by atoms with Crippen LogP contribution in [0.25, 0.3) is 11.4 Å². The number of nitrogens with zero attached hydrogens (tertiary/aromatic N) is 2. The highest BCUT2D eigenvalue weighted by molar-refractivity contribution is 8.00. The Bertz CT molecular complexity index is 927. The van der Waals surface area contributed by atoms with Gasteiger partial charge in [0, 0.05) is 17.3 Å². The van der Waals surface area contributed by atoms with Gasteiger partial charge in [0.05, 0.1) is 5.25 Å². The second-order valence-corrected chi connectivity index (χ2v) is 7.02. The van der Waals surface area contributed by atoms with Crippen molar-refractivity contribution < 1.29 is 13.6 Å². The first-order valence-electron chi connectivity index (χ1n) is 7.84. The zero-order valence-corrected chi connectivity index (χ0v) is 14.9. The fourth-order valence-corrected chi connectivity index (χ4v) is 2.89. The molecule has 0 unspecified atom stereocenters. The second-order valence-electron chi connectivity index (χ2n) is 5.71. The van der Waals surface area contributed by atoms with Crippen molar-refractivity contribution in [3.63, 3.8) is 0 Å². The molecular weight excluding hydrogens is 358 g/mol. The largest absolute Gasteiger partial charge is 0.325 e. The number of carbonyl (C=O) groups excluding carboxylic acids is 1. The molecule has 0 aliphatic rings. The maximum Gasteiger partial charge on any atom is 0.237 e. The average Bonchev–Trinajstić information content (AvgIpc) is 3.07. The monoisotopic (exact) mass is 374 g/mol. The standard InChI is InChI=1S/C18H16F2N4OS/c1-10-3-5-12(6-4-10)16-22-18(24-23-16)26-11(2)17(25)21-13-7-8-14(19)15(20)9-13/h3-9,11H,1-2H3,(H,21,25)(H,22,23,24)/t11-/m1/s1. The number of benzene rings is 2. The number of aromatic nitrogens is 3. The highest BCUT2D eigenvalue weighted by Gasteiger charge is 2.18. The summed E-state index contributed by atoms with van der Waals surface area (Å²) in [5, 5.41) is 9.40. The van der Waals surface area contributed by atoms with E-state index in [0.717, 1.165) is 35.0 Å². The topological polar surface area (TPSA) is 70.7 Å². The molecule has 5 nitrogen and oxygen atoms in total. The quantitative estimate of drug-likeness (QED) is 0.658. The van der Waals surface area contributed by atoms with E-state index in [0.29, 0.717) is 11.0 Å². The van der Waals surface area contributed by atoms with Gasteiger partial charge >= 0.3 is 0 Å². The SMILES string of the molecule is Cc1ccc(-c2nc(S[C@H](C)C(=O)Nc3ccc(F)c(F)c3)n[nH]2)cc1. The fourth-order valence-electron chi connectivity index (χ4n) is 2.17. The third kappa shape index (κ3) is 4.26. The molecule has 0 radical (unpaired) electrons. The van der Waals surface area contributed by atoms with Crippen molar-refractivity contribution in [2.24, 2.45) is 0 Å². The second kappa shape index (κ2) is 7.65. The zero-order valence-electron chi connectivity index (χ0n) is 14.1. The van der Waals surface area contributed by atoms with Crippen molar-refractivity contribution in [1.82, 2.24) is 15.2 Å². The summed E-state index contributed by atoms with van der Waals surface area (Å²) in [4.78, 5) is 16.6. The van der Waals surface area contributed by atoms with Gasteiger partial charge in [0.2, 0.25) is 11.1 Å². The number of hydrogen-bond acceptors (Lipinski definition) is 4. The number of H-pyrrole nitrogens is 1. The Balaban J connectivity index is 1.64. The van der Waals surface area contributed by atoms with Crippen LogP contribution in [-0.2, 0) is 4.79 Å². The van der Waals surface area contributed by atoms with Crippen LogP contribution in [0.15, 0.2) is 47.6 Å². The van der Waals surface area contributed by atoms with E-state index in [4.69, 9.17) is 0 Å². The highest BCUT2D eigenvalue weighted by atomic mass is 32.2. The van der Waals surface area contributed by atoms with Gasteiger partial charge in [-0.05, 0) is 26.0 Å². The molecular formula is C18H16F2N4OS. The Morgan fingerprint density at radius 3 is 2.58 bits per heavy atom. The number of carbonyl (C=O) groups is 1. The lowest BCUT2D eigenvalue weighted by molar-refractivity contribution is -0.115. The molecule has 3 aromatic rings. The third-order valence-corrected chi connectivity index (χ3v) is 4.59. The van der Waals surface area contributed by atoms with Gasteiger partial charge in [0.1, 0.15) is 0 Å². The van der Waals surface area contributed by atoms with Crippen molar-refractivity contribution in [2.75, 3.05) is 5.32 Å². The van der Waals surface area contributed by atoms with Crippen LogP contribution in [0.3, 0.4) is 0 Å². The van der Waals surface area contributed by atoms with Gasteiger partial charge in [-0.1, -0.05) is 41.6 Å². The Morgan fingerprint density at radius 2 is 1.88 bits per heavy atom. The number of thioether (sulfide) groups is 1. The van der Waals surface area contributed by atoms with Gasteiger partial charge in [0.15, 0.2) is 17.5 Å². The molecule has 26 heavy (non-hydrogen) atoms. The molecule has 2 aromatic carbocycles. The molecule has 134 valence electrons. The summed E-state index contributed by atoms with van der Waals surface area (Å²) in [6.45, 7) is 3.68. The summed E-state index contributed by atoms with van der Waals surface area (Å²) in [5.74, 6) is -1.72. The number of amides is 1. The van der Waals surface area contributed by atoms with E-state index in [1.807, 2.05) is 31.2 Å². The van der Waals surface area contributed by atoms with E-state index in [-0.39, 0.29) is 11.6 Å². The number of aryl methyl sites for hydroxylation is 1. The van der Waals surface area contributed by atoms with Crippen LogP contribution in [-0.4, -0.2) is 26.3 Å². The molecule has 0 bridgehead atoms. The molecule has 8 heteroatoms. The number of aromatic amines is 1. The van der Waals surface area contributed by atoms with Crippen LogP contribution < -0.4 is 5.32 Å². The highest BCUT2D eigenvalue weighted by Crippen LogP contribution is 2.24. The first-order chi connectivity index (χ1) is 12.4. The molecule has 0 saturated carbocycles. The predicted octanol–water partition coefficient (Wildman–Crippen LogP) is 4.18. The molecule has 3 rings (SSSR count). The minimum absolute atomic E-state index is 0.191. The van der Waals surface area contributed by atoms with Gasteiger partial charge in [-0.15, -0.1) is 5.10 Å². The van der Waals surface area contributed by atoms with E-state index in [9.17, 15) is 13.6 Å². The minimum atomic E-state index is -1.01. The Morgan fingerprint density at radius 1 is 1.15 bits per heavy atom. The first kappa shape index (κ1) is 18.1. The van der Waals surface area contributed by atoms with Crippen LogP contribution >= 0.6 is 11.8 Å². The maximum atomic E-state index is 13.2. The normalized spacial score (nSPS) is 12.0. The van der Waals surface area contributed by atoms with Gasteiger partial charge < -0.3 is 5.32 Å². The van der Waals surface area contributed by atoms with Gasteiger partial charge in [-0.3, -0.25) is 9.89 Å². The van der Waals surface area contributed by atoms with Crippen LogP contribution in [0.2, 0.25) is 0 Å². The Hall–Kier alpha value is -2.74. The zero-order chi connectivity index (χ0) is 18.7. The lowest BCUT2D eigenvalue weighted by atomic mass is 10.1. The summed E-state index contributed by atoms with van der Waals surface area (Å²) in [6, 6.07) is 11.0. The number of hydrogen-bond donors (Lipinski definition) is 2. The van der Waals surface area contributed by atoms with Crippen LogP contribution in [0.5, 0.6) is 0 Å². The van der Waals surface area contributed by atoms with Crippen LogP contribution in [0.1, 0.15) is 12.5 Å². The van der Waals surface area contributed by atoms with Gasteiger partial charge in [0.25, 0.3) is 0 Å². The molecule has 2 N–H and O–H groups in total. The number of halogens is 2. The molecule has 0 aliphatic heterocycles. The summed E-state index contributed by atoms with van der Waals surface area (Å²) in [5.41, 5.74) is 2.23. The average molecular weight is 374 g/mol. The molecule has 0 fully saturated rings. The third-order valence-electron chi connectivity index (χ3n) is 3.63. The van der Waals surface area contributed by atoms with Crippen molar-refractivity contribution >= 4 is 23.4 Å². The van der Waals surface area contributed by atoms with Crippen LogP contribution in [0.4, 0.5) is 14.5 Å². The van der Waals surface area contributed by atoms with Gasteiger partial charge in [-0.25, -0.2) is 13.8 Å². The number of nitrogens with one attached hydrogen (secondary N) is 2. The molecule has 0 saturated heterocycles. The number of anilines is 1. The molecule has 0 aliphatic carbocycles. The van der Waals surface area contributed by atoms with Crippen molar-refractivity contribution in [2.45, 2.75) is 24.3 Å². The van der Waals surface area contributed by atoms with E-state index >= 15 is 0 Å². The van der Waals surface area contributed by atoms with Crippen molar-refractivity contribution in [3.8, 4) is 11.4 Å². The lowest BCUT2D eigenvalue weighted by Crippen LogP contribution is -2.22. The molecule has 1 atom stereocenters. The molecule has 1 heterocycles. The fraction of sp³-hybridized carbons (Fsp3) is 0.167. The minimum Gasteiger partial charge on any atom is -0.325 e.